The van der Waals surface area contributed by atoms with Crippen molar-refractivity contribution in [2.24, 2.45) is 11.8 Å². The first-order valence-electron chi connectivity index (χ1n) is 12.5. The highest BCUT2D eigenvalue weighted by Crippen LogP contribution is 2.40. The Morgan fingerprint density at radius 1 is 1.26 bits per heavy atom. The van der Waals surface area contributed by atoms with Gasteiger partial charge < -0.3 is 19.8 Å². The van der Waals surface area contributed by atoms with Crippen LogP contribution in [0.1, 0.15) is 50.0 Å². The summed E-state index contributed by atoms with van der Waals surface area (Å²) in [6, 6.07) is 17.8. The molecule has 3 atom stereocenters. The minimum atomic E-state index is -0.191. The Kier molecular flexibility index (Phi) is 7.86. The summed E-state index contributed by atoms with van der Waals surface area (Å²) in [7, 11) is 0. The van der Waals surface area contributed by atoms with Gasteiger partial charge in [0.05, 0.1) is 12.5 Å². The second-order valence-electron chi connectivity index (χ2n) is 9.94. The fraction of sp³-hybridized carbons (Fsp3) is 0.464. The number of carbonyl (C=O) groups excluding carboxylic acids is 1. The number of amides is 1. The normalized spacial score (nSPS) is 21.5. The maximum atomic E-state index is 13.3. The monoisotopic (exact) mass is 476 g/mol. The maximum absolute atomic E-state index is 13.3. The van der Waals surface area contributed by atoms with Crippen molar-refractivity contribution < 1.29 is 14.4 Å². The van der Waals surface area contributed by atoms with Gasteiger partial charge in [-0.1, -0.05) is 68.4 Å². The van der Waals surface area contributed by atoms with Crippen LogP contribution in [0.5, 0.6) is 5.75 Å². The van der Waals surface area contributed by atoms with Gasteiger partial charge in [-0.15, -0.1) is 0 Å². The number of piperidine rings is 1. The number of rotatable bonds is 9. The van der Waals surface area contributed by atoms with Gasteiger partial charge in [0.15, 0.2) is 5.82 Å². The number of aromatic nitrogens is 2. The number of nitrogens with one attached hydrogen (secondary N) is 1. The van der Waals surface area contributed by atoms with Gasteiger partial charge in [0.1, 0.15) is 5.75 Å². The Hall–Kier alpha value is -3.19. The molecule has 1 saturated heterocycles. The summed E-state index contributed by atoms with van der Waals surface area (Å²) in [5.74, 6) is 1.58. The van der Waals surface area contributed by atoms with E-state index in [1.807, 2.05) is 37.3 Å². The Morgan fingerprint density at radius 2 is 2.06 bits per heavy atom. The van der Waals surface area contributed by atoms with Crippen LogP contribution in [0.4, 0.5) is 0 Å². The maximum Gasteiger partial charge on any atom is 0.246 e. The second kappa shape index (κ2) is 11.0. The number of phenols is 1. The highest BCUT2D eigenvalue weighted by molar-refractivity contribution is 5.79. The largest absolute Gasteiger partial charge is 0.508 e. The molecule has 2 N–H and O–H groups in total. The van der Waals surface area contributed by atoms with E-state index in [1.165, 1.54) is 5.56 Å². The van der Waals surface area contributed by atoms with Gasteiger partial charge in [-0.25, -0.2) is 0 Å². The Morgan fingerprint density at radius 3 is 2.74 bits per heavy atom. The number of nitrogens with zero attached hydrogens (tertiary/aromatic N) is 3. The lowest BCUT2D eigenvalue weighted by atomic mass is 9.68. The molecule has 2 heterocycles. The average Bonchev–Trinajstić information content (AvgIpc) is 3.33. The van der Waals surface area contributed by atoms with Crippen molar-refractivity contribution in [1.82, 2.24) is 20.4 Å². The van der Waals surface area contributed by atoms with Crippen molar-refractivity contribution >= 4 is 5.91 Å². The van der Waals surface area contributed by atoms with Gasteiger partial charge in [-0.2, -0.15) is 4.98 Å². The van der Waals surface area contributed by atoms with Crippen LogP contribution in [-0.4, -0.2) is 45.7 Å². The van der Waals surface area contributed by atoms with Crippen LogP contribution < -0.4 is 5.32 Å². The third-order valence-corrected chi connectivity index (χ3v) is 7.49. The summed E-state index contributed by atoms with van der Waals surface area (Å²) in [4.78, 5) is 20.0. The highest BCUT2D eigenvalue weighted by Gasteiger charge is 2.39. The summed E-state index contributed by atoms with van der Waals surface area (Å²) < 4.78 is 5.24. The molecule has 7 heteroatoms. The Labute approximate surface area is 207 Å². The van der Waals surface area contributed by atoms with Crippen LogP contribution in [0, 0.1) is 11.8 Å². The van der Waals surface area contributed by atoms with Gasteiger partial charge in [-0.05, 0) is 54.0 Å². The molecule has 7 nitrogen and oxygen atoms in total. The topological polar surface area (TPSA) is 91.5 Å². The van der Waals surface area contributed by atoms with Crippen molar-refractivity contribution in [3.8, 4) is 5.75 Å². The Balaban J connectivity index is 1.43. The first-order valence-corrected chi connectivity index (χ1v) is 12.5. The second-order valence-corrected chi connectivity index (χ2v) is 9.94. The molecular weight excluding hydrogens is 440 g/mol. The molecule has 0 bridgehead atoms. The summed E-state index contributed by atoms with van der Waals surface area (Å²) in [6.45, 7) is 9.24. The molecule has 0 radical (unpaired) electrons. The van der Waals surface area contributed by atoms with Crippen LogP contribution in [0.15, 0.2) is 59.1 Å². The SMILES string of the molecule is CCc1noc(CNC(=O)C(Cc2ccccc2)CN2CCC(C)(c3cccc(O)c3)C(C)C2)n1. The minimum Gasteiger partial charge on any atom is -0.508 e. The number of phenolic OH excluding ortho intramolecular Hbond substituents is 1. The van der Waals surface area contributed by atoms with E-state index in [0.29, 0.717) is 42.8 Å². The molecule has 3 unspecified atom stereocenters. The molecule has 1 amide bonds. The van der Waals surface area contributed by atoms with Gasteiger partial charge >= 0.3 is 0 Å². The summed E-state index contributed by atoms with van der Waals surface area (Å²) in [5.41, 5.74) is 2.31. The van der Waals surface area contributed by atoms with E-state index in [4.69, 9.17) is 4.52 Å². The molecule has 1 aliphatic heterocycles. The zero-order chi connectivity index (χ0) is 24.8. The molecule has 2 aromatic carbocycles. The lowest BCUT2D eigenvalue weighted by Gasteiger charge is -2.45. The number of hydrogen-bond acceptors (Lipinski definition) is 6. The van der Waals surface area contributed by atoms with E-state index in [0.717, 1.165) is 25.1 Å². The molecule has 0 aliphatic carbocycles. The van der Waals surface area contributed by atoms with Gasteiger partial charge in [0, 0.05) is 19.5 Å². The average molecular weight is 477 g/mol. The van der Waals surface area contributed by atoms with Crippen molar-refractivity contribution in [3.05, 3.63) is 77.4 Å². The van der Waals surface area contributed by atoms with E-state index in [-0.39, 0.29) is 23.8 Å². The molecule has 35 heavy (non-hydrogen) atoms. The molecule has 4 rings (SSSR count). The summed E-state index contributed by atoms with van der Waals surface area (Å²) >= 11 is 0. The zero-order valence-electron chi connectivity index (χ0n) is 20.9. The van der Waals surface area contributed by atoms with Crippen LogP contribution in [0.25, 0.3) is 0 Å². The fourth-order valence-electron chi connectivity index (χ4n) is 5.04. The number of aryl methyl sites for hydroxylation is 1. The van der Waals surface area contributed by atoms with Gasteiger partial charge in [0.2, 0.25) is 11.8 Å². The first-order chi connectivity index (χ1) is 16.9. The lowest BCUT2D eigenvalue weighted by molar-refractivity contribution is -0.126. The third kappa shape index (κ3) is 6.09. The molecule has 1 aromatic heterocycles. The van der Waals surface area contributed by atoms with Crippen molar-refractivity contribution in [1.29, 1.82) is 0 Å². The van der Waals surface area contributed by atoms with Gasteiger partial charge in [0.25, 0.3) is 0 Å². The molecule has 1 fully saturated rings. The van der Waals surface area contributed by atoms with E-state index in [1.54, 1.807) is 6.07 Å². The Bertz CT molecular complexity index is 1120. The van der Waals surface area contributed by atoms with Gasteiger partial charge in [-0.3, -0.25) is 4.79 Å². The van der Waals surface area contributed by atoms with E-state index >= 15 is 0 Å². The summed E-state index contributed by atoms with van der Waals surface area (Å²) in [5, 5.41) is 16.9. The van der Waals surface area contributed by atoms with Crippen LogP contribution in [0.3, 0.4) is 0 Å². The number of benzene rings is 2. The summed E-state index contributed by atoms with van der Waals surface area (Å²) in [6.07, 6.45) is 2.34. The van der Waals surface area contributed by atoms with Crippen LogP contribution >= 0.6 is 0 Å². The lowest BCUT2D eigenvalue weighted by Crippen LogP contribution is -2.50. The number of aromatic hydroxyl groups is 1. The number of hydrogen-bond donors (Lipinski definition) is 2. The fourth-order valence-corrected chi connectivity index (χ4v) is 5.04. The number of likely N-dealkylation sites (tertiary alicyclic amines) is 1. The number of carbonyl (C=O) groups is 1. The predicted octanol–water partition coefficient (Wildman–Crippen LogP) is 4.11. The van der Waals surface area contributed by atoms with Crippen molar-refractivity contribution in [2.45, 2.75) is 52.0 Å². The molecule has 3 aromatic rings. The third-order valence-electron chi connectivity index (χ3n) is 7.49. The zero-order valence-corrected chi connectivity index (χ0v) is 20.9. The molecule has 186 valence electrons. The van der Waals surface area contributed by atoms with E-state index in [9.17, 15) is 9.90 Å². The van der Waals surface area contributed by atoms with Crippen molar-refractivity contribution in [2.75, 3.05) is 19.6 Å². The highest BCUT2D eigenvalue weighted by atomic mass is 16.5. The van der Waals surface area contributed by atoms with Crippen molar-refractivity contribution in [3.63, 3.8) is 0 Å². The molecule has 0 saturated carbocycles. The predicted molar refractivity (Wildman–Crippen MR) is 135 cm³/mol. The van der Waals surface area contributed by atoms with E-state index < -0.39 is 0 Å². The minimum absolute atomic E-state index is 0.000860. The standard InChI is InChI=1S/C28H36N4O3/c1-4-25-30-26(35-31-25)17-29-27(34)22(15-21-9-6-5-7-10-21)19-32-14-13-28(3,20(2)18-32)23-11-8-12-24(33)16-23/h5-12,16,20,22,33H,4,13-15,17-19H2,1-3H3,(H,29,34). The molecule has 1 aliphatic rings. The molecular formula is C28H36N4O3. The van der Waals surface area contributed by atoms with Crippen LogP contribution in [0.2, 0.25) is 0 Å². The smallest absolute Gasteiger partial charge is 0.246 e. The van der Waals surface area contributed by atoms with Crippen LogP contribution in [-0.2, 0) is 29.6 Å². The van der Waals surface area contributed by atoms with E-state index in [2.05, 4.69) is 52.4 Å². The quantitative estimate of drug-likeness (QED) is 0.483. The molecule has 0 spiro atoms. The first kappa shape index (κ1) is 24.9.